The largest absolute Gasteiger partial charge is 0.398 e. The van der Waals surface area contributed by atoms with Crippen molar-refractivity contribution in [3.63, 3.8) is 0 Å². The Labute approximate surface area is 122 Å². The Morgan fingerprint density at radius 3 is 2.19 bits per heavy atom. The van der Waals surface area contributed by atoms with E-state index in [0.29, 0.717) is 0 Å². The molecule has 6 nitrogen and oxygen atoms in total. The van der Waals surface area contributed by atoms with E-state index < -0.39 is 22.9 Å². The van der Waals surface area contributed by atoms with Crippen molar-refractivity contribution >= 4 is 28.6 Å². The highest BCUT2D eigenvalue weighted by Gasteiger charge is 2.33. The monoisotopic (exact) mass is 303 g/mol. The van der Waals surface area contributed by atoms with Gasteiger partial charge in [-0.3, -0.25) is 14.1 Å². The van der Waals surface area contributed by atoms with Gasteiger partial charge in [-0.2, -0.15) is 4.21 Å². The molecule has 1 unspecified atom stereocenters. The molecule has 0 radical (unpaired) electrons. The molecule has 7 heteroatoms. The van der Waals surface area contributed by atoms with E-state index in [1.807, 2.05) is 0 Å². The molecule has 2 aromatic carbocycles. The van der Waals surface area contributed by atoms with Gasteiger partial charge in [0.15, 0.2) is 17.3 Å². The van der Waals surface area contributed by atoms with Gasteiger partial charge >= 0.3 is 11.4 Å². The van der Waals surface area contributed by atoms with E-state index in [0.717, 1.165) is 0 Å². The van der Waals surface area contributed by atoms with Crippen LogP contribution in [0.2, 0.25) is 0 Å². The standard InChI is InChI=1S/C14H9NO5S/c15-9-5-1-3-7-11(9)13(16)8-4-2-6-10(20-21(18)19)12(8)14(7)17/h1-6H,15H2,(H,18,19). The van der Waals surface area contributed by atoms with Crippen molar-refractivity contribution in [3.05, 3.63) is 58.7 Å². The van der Waals surface area contributed by atoms with Crippen molar-refractivity contribution in [2.45, 2.75) is 0 Å². The molecular weight excluding hydrogens is 294 g/mol. The summed E-state index contributed by atoms with van der Waals surface area (Å²) >= 11 is -2.59. The number of carbonyl (C=O) groups is 2. The highest BCUT2D eigenvalue weighted by Crippen LogP contribution is 2.35. The van der Waals surface area contributed by atoms with Crippen LogP contribution >= 0.6 is 0 Å². The van der Waals surface area contributed by atoms with Crippen molar-refractivity contribution in [2.24, 2.45) is 0 Å². The van der Waals surface area contributed by atoms with Crippen molar-refractivity contribution in [3.8, 4) is 5.75 Å². The zero-order chi connectivity index (χ0) is 15.1. The van der Waals surface area contributed by atoms with Gasteiger partial charge in [0.1, 0.15) is 0 Å². The van der Waals surface area contributed by atoms with E-state index in [9.17, 15) is 13.8 Å². The van der Waals surface area contributed by atoms with Gasteiger partial charge in [-0.1, -0.05) is 24.3 Å². The highest BCUT2D eigenvalue weighted by atomic mass is 32.2. The SMILES string of the molecule is Nc1cccc2c1C(=O)c1cccc(OS(=O)O)c1C2=O. The molecule has 0 fully saturated rings. The van der Waals surface area contributed by atoms with E-state index in [1.165, 1.54) is 30.3 Å². The quantitative estimate of drug-likeness (QED) is 0.549. The summed E-state index contributed by atoms with van der Waals surface area (Å²) in [6.07, 6.45) is 0. The number of fused-ring (bicyclic) bond motifs is 2. The molecule has 0 aromatic heterocycles. The topological polar surface area (TPSA) is 107 Å². The average Bonchev–Trinajstić information content (AvgIpc) is 2.44. The number of ketones is 2. The smallest absolute Gasteiger partial charge is 0.357 e. The van der Waals surface area contributed by atoms with Crippen molar-refractivity contribution in [1.29, 1.82) is 0 Å². The normalized spacial score (nSPS) is 14.3. The van der Waals surface area contributed by atoms with Crippen LogP contribution in [0.3, 0.4) is 0 Å². The van der Waals surface area contributed by atoms with Crippen molar-refractivity contribution < 1.29 is 22.5 Å². The van der Waals surface area contributed by atoms with Gasteiger partial charge in [0.25, 0.3) is 0 Å². The van der Waals surface area contributed by atoms with E-state index in [4.69, 9.17) is 14.5 Å². The summed E-state index contributed by atoms with van der Waals surface area (Å²) in [6, 6.07) is 8.88. The molecule has 21 heavy (non-hydrogen) atoms. The van der Waals surface area contributed by atoms with Gasteiger partial charge in [0.2, 0.25) is 0 Å². The summed E-state index contributed by atoms with van der Waals surface area (Å²) in [6.45, 7) is 0. The maximum atomic E-state index is 12.5. The van der Waals surface area contributed by atoms with Crippen LogP contribution in [0.4, 0.5) is 5.69 Å². The second-order valence-electron chi connectivity index (χ2n) is 4.41. The molecule has 1 aliphatic carbocycles. The van der Waals surface area contributed by atoms with Crippen molar-refractivity contribution in [1.82, 2.24) is 0 Å². The zero-order valence-corrected chi connectivity index (χ0v) is 11.3. The molecule has 2 aromatic rings. The number of hydrogen-bond donors (Lipinski definition) is 2. The first-order chi connectivity index (χ1) is 10.0. The highest BCUT2D eigenvalue weighted by molar-refractivity contribution is 7.74. The zero-order valence-electron chi connectivity index (χ0n) is 10.5. The summed E-state index contributed by atoms with van der Waals surface area (Å²) in [5.74, 6) is -0.987. The summed E-state index contributed by atoms with van der Waals surface area (Å²) in [7, 11) is 0. The molecule has 0 saturated heterocycles. The molecule has 1 atom stereocenters. The fraction of sp³-hybridized carbons (Fsp3) is 0. The summed E-state index contributed by atoms with van der Waals surface area (Å²) in [5, 5.41) is 0. The first-order valence-electron chi connectivity index (χ1n) is 5.90. The van der Waals surface area contributed by atoms with E-state index in [2.05, 4.69) is 0 Å². The lowest BCUT2D eigenvalue weighted by molar-refractivity contribution is 0.0978. The summed E-state index contributed by atoms with van der Waals surface area (Å²) < 4.78 is 24.3. The first-order valence-corrected chi connectivity index (χ1v) is 6.94. The minimum atomic E-state index is -2.59. The van der Waals surface area contributed by atoms with E-state index >= 15 is 0 Å². The predicted octanol–water partition coefficient (Wildman–Crippen LogP) is 1.56. The minimum absolute atomic E-state index is 0.0250. The molecule has 0 spiro atoms. The number of benzene rings is 2. The fourth-order valence-electron chi connectivity index (χ4n) is 2.38. The number of carbonyl (C=O) groups excluding carboxylic acids is 2. The third-order valence-electron chi connectivity index (χ3n) is 3.23. The Balaban J connectivity index is 2.28. The molecule has 1 aliphatic rings. The third kappa shape index (κ3) is 2.03. The van der Waals surface area contributed by atoms with Gasteiger partial charge in [-0.15, -0.1) is 0 Å². The van der Waals surface area contributed by atoms with Gasteiger partial charge in [0, 0.05) is 16.8 Å². The molecule has 106 valence electrons. The number of anilines is 1. The lowest BCUT2D eigenvalue weighted by Crippen LogP contribution is -2.23. The minimum Gasteiger partial charge on any atom is -0.398 e. The second-order valence-corrected chi connectivity index (χ2v) is 5.01. The molecule has 0 amide bonds. The maximum Gasteiger partial charge on any atom is 0.357 e. The summed E-state index contributed by atoms with van der Waals surface area (Å²) in [5.41, 5.74) is 6.38. The van der Waals surface area contributed by atoms with Crippen LogP contribution in [0.5, 0.6) is 5.75 Å². The summed E-state index contributed by atoms with van der Waals surface area (Å²) in [4.78, 5) is 25.0. The molecule has 3 N–H and O–H groups in total. The van der Waals surface area contributed by atoms with Crippen LogP contribution < -0.4 is 9.92 Å². The van der Waals surface area contributed by atoms with E-state index in [-0.39, 0.29) is 33.7 Å². The van der Waals surface area contributed by atoms with E-state index in [1.54, 1.807) is 6.07 Å². The molecule has 0 saturated carbocycles. The molecule has 0 aliphatic heterocycles. The van der Waals surface area contributed by atoms with Crippen LogP contribution in [0, 0.1) is 0 Å². The van der Waals surface area contributed by atoms with Crippen LogP contribution in [-0.2, 0) is 11.4 Å². The van der Waals surface area contributed by atoms with Gasteiger partial charge in [-0.25, -0.2) is 0 Å². The second kappa shape index (κ2) is 4.80. The Morgan fingerprint density at radius 2 is 1.52 bits per heavy atom. The van der Waals surface area contributed by atoms with Crippen molar-refractivity contribution in [2.75, 3.05) is 5.73 Å². The molecule has 3 rings (SSSR count). The van der Waals surface area contributed by atoms with Gasteiger partial charge < -0.3 is 9.92 Å². The van der Waals surface area contributed by atoms with Gasteiger partial charge in [0.05, 0.1) is 11.1 Å². The van der Waals surface area contributed by atoms with Crippen LogP contribution in [0.15, 0.2) is 36.4 Å². The van der Waals surface area contributed by atoms with Crippen LogP contribution in [-0.4, -0.2) is 20.3 Å². The Bertz CT molecular complexity index is 815. The maximum absolute atomic E-state index is 12.5. The Kier molecular flexibility index (Phi) is 3.08. The first kappa shape index (κ1) is 13.5. The number of rotatable bonds is 2. The Hall–Kier alpha value is -2.51. The van der Waals surface area contributed by atoms with Crippen LogP contribution in [0.1, 0.15) is 31.8 Å². The third-order valence-corrected chi connectivity index (χ3v) is 3.55. The van der Waals surface area contributed by atoms with Crippen LogP contribution in [0.25, 0.3) is 0 Å². The number of nitrogen functional groups attached to an aromatic ring is 1. The van der Waals surface area contributed by atoms with Gasteiger partial charge in [-0.05, 0) is 12.1 Å². The predicted molar refractivity (Wildman–Crippen MR) is 75.6 cm³/mol. The molecule has 0 heterocycles. The lowest BCUT2D eigenvalue weighted by atomic mass is 9.83. The lowest BCUT2D eigenvalue weighted by Gasteiger charge is -2.20. The molecule has 0 bridgehead atoms. The number of nitrogens with two attached hydrogens (primary N) is 1. The average molecular weight is 303 g/mol. The molecular formula is C14H9NO5S. The fourth-order valence-corrected chi connectivity index (χ4v) is 2.68. The number of hydrogen-bond acceptors (Lipinski definition) is 5. The Morgan fingerprint density at radius 1 is 0.952 bits per heavy atom.